The topological polar surface area (TPSA) is 73.4 Å². The standard InChI is InChI=1S/C14H16N2O3/c1-8-5-4-6-10-12(8)13(9(2)15-10)14(19)16(3)7-11(17)18/h4-6,15H,7H2,1-3H3,(H,17,18). The second kappa shape index (κ2) is 4.76. The molecule has 5 nitrogen and oxygen atoms in total. The molecule has 0 unspecified atom stereocenters. The van der Waals surface area contributed by atoms with Crippen LogP contribution in [-0.2, 0) is 4.79 Å². The summed E-state index contributed by atoms with van der Waals surface area (Å²) in [5.41, 5.74) is 3.20. The van der Waals surface area contributed by atoms with Crippen LogP contribution in [0.1, 0.15) is 21.6 Å². The van der Waals surface area contributed by atoms with E-state index >= 15 is 0 Å². The van der Waals surface area contributed by atoms with Crippen LogP contribution in [0.15, 0.2) is 18.2 Å². The number of nitrogens with one attached hydrogen (secondary N) is 1. The fourth-order valence-electron chi connectivity index (χ4n) is 2.29. The Kier molecular flexibility index (Phi) is 3.29. The van der Waals surface area contributed by atoms with Gasteiger partial charge in [-0.1, -0.05) is 12.1 Å². The van der Waals surface area contributed by atoms with Gasteiger partial charge >= 0.3 is 5.97 Å². The van der Waals surface area contributed by atoms with Crippen LogP contribution in [0.5, 0.6) is 0 Å². The molecule has 0 saturated carbocycles. The quantitative estimate of drug-likeness (QED) is 0.885. The van der Waals surface area contributed by atoms with Crippen molar-refractivity contribution < 1.29 is 14.7 Å². The Morgan fingerprint density at radius 2 is 2.00 bits per heavy atom. The van der Waals surface area contributed by atoms with Gasteiger partial charge in [0.05, 0.1) is 5.56 Å². The van der Waals surface area contributed by atoms with E-state index in [1.54, 1.807) is 0 Å². The minimum Gasteiger partial charge on any atom is -0.480 e. The van der Waals surface area contributed by atoms with Crippen molar-refractivity contribution in [1.82, 2.24) is 9.88 Å². The predicted octanol–water partition coefficient (Wildman–Crippen LogP) is 1.94. The van der Waals surface area contributed by atoms with E-state index in [1.807, 2.05) is 32.0 Å². The van der Waals surface area contributed by atoms with Crippen LogP contribution in [0.2, 0.25) is 0 Å². The highest BCUT2D eigenvalue weighted by molar-refractivity contribution is 6.09. The second-order valence-corrected chi connectivity index (χ2v) is 4.68. The number of aromatic nitrogens is 1. The number of nitrogens with zero attached hydrogens (tertiary/aromatic N) is 1. The third-order valence-corrected chi connectivity index (χ3v) is 3.15. The Bertz CT molecular complexity index is 658. The predicted molar refractivity (Wildman–Crippen MR) is 72.4 cm³/mol. The molecule has 19 heavy (non-hydrogen) atoms. The number of aromatic amines is 1. The molecule has 0 aliphatic rings. The number of amides is 1. The normalized spacial score (nSPS) is 10.7. The molecular formula is C14H16N2O3. The Morgan fingerprint density at radius 1 is 1.32 bits per heavy atom. The summed E-state index contributed by atoms with van der Waals surface area (Å²) in [7, 11) is 1.49. The highest BCUT2D eigenvalue weighted by Gasteiger charge is 2.21. The Morgan fingerprint density at radius 3 is 2.63 bits per heavy atom. The molecule has 0 aliphatic carbocycles. The van der Waals surface area contributed by atoms with Crippen molar-refractivity contribution in [3.63, 3.8) is 0 Å². The molecular weight excluding hydrogens is 244 g/mol. The van der Waals surface area contributed by atoms with Gasteiger partial charge in [-0.05, 0) is 25.5 Å². The summed E-state index contributed by atoms with van der Waals surface area (Å²) in [4.78, 5) is 27.4. The second-order valence-electron chi connectivity index (χ2n) is 4.68. The van der Waals surface area contributed by atoms with E-state index in [-0.39, 0.29) is 12.5 Å². The number of rotatable bonds is 3. The third kappa shape index (κ3) is 2.31. The maximum Gasteiger partial charge on any atom is 0.323 e. The van der Waals surface area contributed by atoms with Gasteiger partial charge in [0.2, 0.25) is 0 Å². The molecule has 0 spiro atoms. The Labute approximate surface area is 110 Å². The molecule has 2 rings (SSSR count). The first-order valence-electron chi connectivity index (χ1n) is 5.97. The molecule has 0 radical (unpaired) electrons. The van der Waals surface area contributed by atoms with Crippen LogP contribution in [0.25, 0.3) is 10.9 Å². The minimum absolute atomic E-state index is 0.277. The van der Waals surface area contributed by atoms with Crippen molar-refractivity contribution in [1.29, 1.82) is 0 Å². The minimum atomic E-state index is -1.02. The van der Waals surface area contributed by atoms with Gasteiger partial charge in [0.1, 0.15) is 6.54 Å². The first kappa shape index (κ1) is 13.1. The zero-order chi connectivity index (χ0) is 14.2. The lowest BCUT2D eigenvalue weighted by atomic mass is 10.1. The monoisotopic (exact) mass is 260 g/mol. The van der Waals surface area contributed by atoms with Crippen LogP contribution >= 0.6 is 0 Å². The number of H-pyrrole nitrogens is 1. The lowest BCUT2D eigenvalue weighted by molar-refractivity contribution is -0.137. The summed E-state index contributed by atoms with van der Waals surface area (Å²) in [5, 5.41) is 9.63. The first-order chi connectivity index (χ1) is 8.91. The number of fused-ring (bicyclic) bond motifs is 1. The van der Waals surface area contributed by atoms with E-state index < -0.39 is 5.97 Å². The number of carbonyl (C=O) groups excluding carboxylic acids is 1. The molecule has 5 heteroatoms. The van der Waals surface area contributed by atoms with Gasteiger partial charge in [0, 0.05) is 23.6 Å². The van der Waals surface area contributed by atoms with Gasteiger partial charge in [-0.2, -0.15) is 0 Å². The van der Waals surface area contributed by atoms with E-state index in [9.17, 15) is 9.59 Å². The zero-order valence-corrected chi connectivity index (χ0v) is 11.2. The number of likely N-dealkylation sites (N-methyl/N-ethyl adjacent to an activating group) is 1. The van der Waals surface area contributed by atoms with Crippen molar-refractivity contribution in [3.8, 4) is 0 Å². The molecule has 2 aromatic rings. The number of aryl methyl sites for hydroxylation is 2. The molecule has 0 aliphatic heterocycles. The van der Waals surface area contributed by atoms with Gasteiger partial charge < -0.3 is 15.0 Å². The third-order valence-electron chi connectivity index (χ3n) is 3.15. The maximum absolute atomic E-state index is 12.4. The van der Waals surface area contributed by atoms with Gasteiger partial charge in [-0.3, -0.25) is 9.59 Å². The molecule has 0 bridgehead atoms. The zero-order valence-electron chi connectivity index (χ0n) is 11.2. The van der Waals surface area contributed by atoms with E-state index in [2.05, 4.69) is 4.98 Å². The number of aliphatic carboxylic acids is 1. The smallest absolute Gasteiger partial charge is 0.323 e. The van der Waals surface area contributed by atoms with Gasteiger partial charge in [-0.25, -0.2) is 0 Å². The summed E-state index contributed by atoms with van der Waals surface area (Å²) in [6.45, 7) is 3.45. The van der Waals surface area contributed by atoms with Crippen molar-refractivity contribution >= 4 is 22.8 Å². The summed E-state index contributed by atoms with van der Waals surface area (Å²) >= 11 is 0. The Hall–Kier alpha value is -2.30. The fraction of sp³-hybridized carbons (Fsp3) is 0.286. The number of benzene rings is 1. The van der Waals surface area contributed by atoms with Crippen LogP contribution in [0, 0.1) is 13.8 Å². The number of hydrogen-bond acceptors (Lipinski definition) is 2. The number of hydrogen-bond donors (Lipinski definition) is 2. The fourth-order valence-corrected chi connectivity index (χ4v) is 2.29. The number of carboxylic acid groups (broad SMARTS) is 1. The molecule has 1 amide bonds. The SMILES string of the molecule is Cc1[nH]c2cccc(C)c2c1C(=O)N(C)CC(=O)O. The average Bonchev–Trinajstić information content (AvgIpc) is 2.65. The van der Waals surface area contributed by atoms with Gasteiger partial charge in [0.15, 0.2) is 0 Å². The molecule has 1 aromatic carbocycles. The molecule has 0 saturated heterocycles. The van der Waals surface area contributed by atoms with E-state index in [0.717, 1.165) is 22.2 Å². The largest absolute Gasteiger partial charge is 0.480 e. The van der Waals surface area contributed by atoms with Gasteiger partial charge in [-0.15, -0.1) is 0 Å². The highest BCUT2D eigenvalue weighted by Crippen LogP contribution is 2.26. The number of carbonyl (C=O) groups is 2. The summed E-state index contributed by atoms with van der Waals surface area (Å²) in [5.74, 6) is -1.30. The van der Waals surface area contributed by atoms with Gasteiger partial charge in [0.25, 0.3) is 5.91 Å². The molecule has 1 aromatic heterocycles. The van der Waals surface area contributed by atoms with E-state index in [0.29, 0.717) is 5.56 Å². The van der Waals surface area contributed by atoms with E-state index in [4.69, 9.17) is 5.11 Å². The van der Waals surface area contributed by atoms with Crippen molar-refractivity contribution in [2.45, 2.75) is 13.8 Å². The van der Waals surface area contributed by atoms with Crippen LogP contribution in [0.4, 0.5) is 0 Å². The van der Waals surface area contributed by atoms with Crippen LogP contribution < -0.4 is 0 Å². The Balaban J connectivity index is 2.53. The summed E-state index contributed by atoms with van der Waals surface area (Å²) in [6.07, 6.45) is 0. The average molecular weight is 260 g/mol. The van der Waals surface area contributed by atoms with Crippen molar-refractivity contribution in [2.24, 2.45) is 0 Å². The maximum atomic E-state index is 12.4. The first-order valence-corrected chi connectivity index (χ1v) is 5.97. The molecule has 100 valence electrons. The lowest BCUT2D eigenvalue weighted by Crippen LogP contribution is -2.32. The van der Waals surface area contributed by atoms with Crippen LogP contribution in [0.3, 0.4) is 0 Å². The van der Waals surface area contributed by atoms with E-state index in [1.165, 1.54) is 11.9 Å². The van der Waals surface area contributed by atoms with Crippen LogP contribution in [-0.4, -0.2) is 40.5 Å². The lowest BCUT2D eigenvalue weighted by Gasteiger charge is -2.15. The number of carboxylic acids is 1. The van der Waals surface area contributed by atoms with Crippen molar-refractivity contribution in [3.05, 3.63) is 35.0 Å². The summed E-state index contributed by atoms with van der Waals surface area (Å²) < 4.78 is 0. The molecule has 2 N–H and O–H groups in total. The van der Waals surface area contributed by atoms with Crippen molar-refractivity contribution in [2.75, 3.05) is 13.6 Å². The highest BCUT2D eigenvalue weighted by atomic mass is 16.4. The summed E-state index contributed by atoms with van der Waals surface area (Å²) in [6, 6.07) is 5.76. The molecule has 1 heterocycles. The molecule has 0 atom stereocenters. The molecule has 0 fully saturated rings.